The molecule has 0 aromatic carbocycles. The monoisotopic (exact) mass is 316 g/mol. The van der Waals surface area contributed by atoms with E-state index in [1.807, 2.05) is 4.90 Å². The molecular weight excluding hydrogens is 296 g/mol. The van der Waals surface area contributed by atoms with Crippen molar-refractivity contribution in [3.63, 3.8) is 0 Å². The first-order valence-electron chi connectivity index (χ1n) is 6.72. The van der Waals surface area contributed by atoms with Crippen LogP contribution in [-0.4, -0.2) is 32.3 Å². The quantitative estimate of drug-likeness (QED) is 0.923. The van der Waals surface area contributed by atoms with Crippen LogP contribution in [0.1, 0.15) is 43.5 Å². The summed E-state index contributed by atoms with van der Waals surface area (Å²) >= 11 is 0.995. The molecule has 20 heavy (non-hydrogen) atoms. The van der Waals surface area contributed by atoms with Gasteiger partial charge in [0, 0.05) is 18.5 Å². The first-order chi connectivity index (χ1) is 9.31. The number of carbonyl (C=O) groups is 1. The van der Waals surface area contributed by atoms with Gasteiger partial charge in [0.25, 0.3) is 5.91 Å². The molecule has 1 saturated heterocycles. The second-order valence-corrected chi connectivity index (χ2v) is 8.08. The molecule has 1 amide bonds. The summed E-state index contributed by atoms with van der Waals surface area (Å²) in [6, 6.07) is 1.38. The number of hydrogen-bond donors (Lipinski definition) is 1. The van der Waals surface area contributed by atoms with Crippen LogP contribution in [0, 0.1) is 5.41 Å². The fraction of sp³-hybridized carbons (Fsp3) is 0.615. The smallest absolute Gasteiger partial charge is 0.254 e. The molecule has 0 radical (unpaired) electrons. The number of rotatable bonds is 4. The van der Waals surface area contributed by atoms with Crippen molar-refractivity contribution in [3.05, 3.63) is 17.0 Å². The molecule has 5 nitrogen and oxygen atoms in total. The molecule has 7 heteroatoms. The fourth-order valence-electron chi connectivity index (χ4n) is 2.70. The molecule has 112 valence electrons. The van der Waals surface area contributed by atoms with E-state index in [-0.39, 0.29) is 15.5 Å². The fourth-order valence-corrected chi connectivity index (χ4v) is 4.28. The molecule has 2 rings (SSSR count). The summed E-state index contributed by atoms with van der Waals surface area (Å²) in [5.74, 6) is -0.0973. The van der Waals surface area contributed by atoms with Gasteiger partial charge in [0.05, 0.1) is 5.56 Å². The summed E-state index contributed by atoms with van der Waals surface area (Å²) in [6.07, 6.45) is 3.12. The summed E-state index contributed by atoms with van der Waals surface area (Å²) in [4.78, 5) is 14.2. The van der Waals surface area contributed by atoms with Gasteiger partial charge in [-0.2, -0.15) is 0 Å². The lowest BCUT2D eigenvalue weighted by Crippen LogP contribution is -2.31. The Labute approximate surface area is 123 Å². The molecule has 1 aromatic heterocycles. The standard InChI is InChI=1S/C13H20N2O3S2/c1-3-13(4-2)5-6-15(9-13)12(16)10-7-11(19-8-10)20(14,17)18/h7-8H,3-6,9H2,1-2H3,(H2,14,17,18). The number of carbonyl (C=O) groups excluding carboxylic acids is 1. The molecule has 2 N–H and O–H groups in total. The number of thiophene rings is 1. The van der Waals surface area contributed by atoms with Crippen molar-refractivity contribution in [2.75, 3.05) is 13.1 Å². The number of nitrogens with two attached hydrogens (primary N) is 1. The third kappa shape index (κ3) is 2.89. The molecule has 0 aliphatic carbocycles. The Bertz CT molecular complexity index is 603. The van der Waals surface area contributed by atoms with Gasteiger partial charge in [-0.05, 0) is 30.7 Å². The normalized spacial score (nSPS) is 18.4. The number of likely N-dealkylation sites (tertiary alicyclic amines) is 1. The van der Waals surface area contributed by atoms with Gasteiger partial charge in [0.2, 0.25) is 10.0 Å². The minimum Gasteiger partial charge on any atom is -0.338 e. The summed E-state index contributed by atoms with van der Waals surface area (Å²) in [5, 5.41) is 6.64. The van der Waals surface area contributed by atoms with Crippen LogP contribution in [0.25, 0.3) is 0 Å². The summed E-state index contributed by atoms with van der Waals surface area (Å²) in [5.41, 5.74) is 0.635. The molecule has 0 atom stereocenters. The van der Waals surface area contributed by atoms with E-state index >= 15 is 0 Å². The van der Waals surface area contributed by atoms with Crippen molar-refractivity contribution < 1.29 is 13.2 Å². The maximum absolute atomic E-state index is 12.4. The molecule has 1 aliphatic heterocycles. The van der Waals surface area contributed by atoms with Gasteiger partial charge < -0.3 is 4.90 Å². The van der Waals surface area contributed by atoms with Gasteiger partial charge in [-0.25, -0.2) is 13.6 Å². The van der Waals surface area contributed by atoms with Crippen LogP contribution in [0.4, 0.5) is 0 Å². The lowest BCUT2D eigenvalue weighted by Gasteiger charge is -2.26. The number of nitrogens with zero attached hydrogens (tertiary/aromatic N) is 1. The van der Waals surface area contributed by atoms with Gasteiger partial charge in [-0.1, -0.05) is 13.8 Å². The third-order valence-electron chi connectivity index (χ3n) is 4.33. The van der Waals surface area contributed by atoms with Crippen molar-refractivity contribution in [1.82, 2.24) is 4.90 Å². The lowest BCUT2D eigenvalue weighted by molar-refractivity contribution is 0.0770. The van der Waals surface area contributed by atoms with E-state index < -0.39 is 10.0 Å². The van der Waals surface area contributed by atoms with Crippen LogP contribution in [-0.2, 0) is 10.0 Å². The van der Waals surface area contributed by atoms with Gasteiger partial charge >= 0.3 is 0 Å². The SMILES string of the molecule is CCC1(CC)CCN(C(=O)c2csc(S(N)(=O)=O)c2)C1. The molecule has 1 aromatic rings. The molecular formula is C13H20N2O3S2. The maximum atomic E-state index is 12.4. The first-order valence-corrected chi connectivity index (χ1v) is 9.14. The van der Waals surface area contributed by atoms with Crippen LogP contribution >= 0.6 is 11.3 Å². The second-order valence-electron chi connectivity index (χ2n) is 5.38. The summed E-state index contributed by atoms with van der Waals surface area (Å²) in [7, 11) is -3.72. The van der Waals surface area contributed by atoms with E-state index in [2.05, 4.69) is 13.8 Å². The molecule has 2 heterocycles. The molecule has 0 spiro atoms. The minimum atomic E-state index is -3.72. The van der Waals surface area contributed by atoms with E-state index in [0.717, 1.165) is 43.7 Å². The predicted octanol–water partition coefficient (Wildman–Crippen LogP) is 2.05. The predicted molar refractivity (Wildman–Crippen MR) is 79.2 cm³/mol. The van der Waals surface area contributed by atoms with E-state index in [9.17, 15) is 13.2 Å². The molecule has 1 aliphatic rings. The van der Waals surface area contributed by atoms with Gasteiger partial charge in [-0.3, -0.25) is 4.79 Å². The average molecular weight is 316 g/mol. The lowest BCUT2D eigenvalue weighted by atomic mass is 9.82. The molecule has 1 fully saturated rings. The highest BCUT2D eigenvalue weighted by molar-refractivity contribution is 7.91. The zero-order chi connectivity index (χ0) is 15.0. The van der Waals surface area contributed by atoms with Gasteiger partial charge in [0.1, 0.15) is 4.21 Å². The van der Waals surface area contributed by atoms with Crippen LogP contribution in [0.2, 0.25) is 0 Å². The van der Waals surface area contributed by atoms with Crippen LogP contribution in [0.3, 0.4) is 0 Å². The van der Waals surface area contributed by atoms with Crippen LogP contribution in [0.15, 0.2) is 15.7 Å². The number of amides is 1. The molecule has 0 bridgehead atoms. The van der Waals surface area contributed by atoms with Gasteiger partial charge in [0.15, 0.2) is 0 Å². The Morgan fingerprint density at radius 3 is 2.55 bits per heavy atom. The van der Waals surface area contributed by atoms with E-state index in [0.29, 0.717) is 5.56 Å². The minimum absolute atomic E-state index is 0.0392. The van der Waals surface area contributed by atoms with Gasteiger partial charge in [-0.15, -0.1) is 11.3 Å². The zero-order valence-electron chi connectivity index (χ0n) is 11.8. The van der Waals surface area contributed by atoms with E-state index in [1.54, 1.807) is 5.38 Å². The average Bonchev–Trinajstić information content (AvgIpc) is 3.05. The second kappa shape index (κ2) is 5.46. The van der Waals surface area contributed by atoms with Crippen LogP contribution < -0.4 is 5.14 Å². The number of primary sulfonamides is 1. The molecule has 0 unspecified atom stereocenters. The highest BCUT2D eigenvalue weighted by Gasteiger charge is 2.37. The third-order valence-corrected chi connectivity index (χ3v) is 6.71. The van der Waals surface area contributed by atoms with Crippen molar-refractivity contribution in [2.24, 2.45) is 10.6 Å². The number of hydrogen-bond acceptors (Lipinski definition) is 4. The van der Waals surface area contributed by atoms with Crippen molar-refractivity contribution in [2.45, 2.75) is 37.3 Å². The Balaban J connectivity index is 2.15. The largest absolute Gasteiger partial charge is 0.338 e. The van der Waals surface area contributed by atoms with E-state index in [1.165, 1.54) is 6.07 Å². The molecule has 0 saturated carbocycles. The highest BCUT2D eigenvalue weighted by atomic mass is 32.2. The Hall–Kier alpha value is -0.920. The summed E-state index contributed by atoms with van der Waals surface area (Å²) < 4.78 is 22.5. The Morgan fingerprint density at radius 2 is 2.10 bits per heavy atom. The number of sulfonamides is 1. The summed E-state index contributed by atoms with van der Waals surface area (Å²) in [6.45, 7) is 5.79. The topological polar surface area (TPSA) is 80.5 Å². The van der Waals surface area contributed by atoms with Crippen LogP contribution in [0.5, 0.6) is 0 Å². The van der Waals surface area contributed by atoms with Crippen molar-refractivity contribution >= 4 is 27.3 Å². The van der Waals surface area contributed by atoms with Crippen molar-refractivity contribution in [1.29, 1.82) is 0 Å². The maximum Gasteiger partial charge on any atom is 0.254 e. The van der Waals surface area contributed by atoms with E-state index in [4.69, 9.17) is 5.14 Å². The highest BCUT2D eigenvalue weighted by Crippen LogP contribution is 2.37. The first kappa shape index (κ1) is 15.5. The Kier molecular flexibility index (Phi) is 4.22. The Morgan fingerprint density at radius 1 is 1.45 bits per heavy atom. The zero-order valence-corrected chi connectivity index (χ0v) is 13.4. The van der Waals surface area contributed by atoms with Crippen molar-refractivity contribution in [3.8, 4) is 0 Å².